The lowest BCUT2D eigenvalue weighted by atomic mass is 10.1. The van der Waals surface area contributed by atoms with Gasteiger partial charge in [-0.1, -0.05) is 0 Å². The fourth-order valence-corrected chi connectivity index (χ4v) is 4.66. The van der Waals surface area contributed by atoms with Crippen molar-refractivity contribution in [3.8, 4) is 11.5 Å². The normalized spacial score (nSPS) is 15.8. The van der Waals surface area contributed by atoms with Crippen molar-refractivity contribution < 1.29 is 9.53 Å². The number of rotatable bonds is 5. The van der Waals surface area contributed by atoms with Crippen molar-refractivity contribution in [2.24, 2.45) is 0 Å². The average molecular weight is 499 g/mol. The van der Waals surface area contributed by atoms with Crippen LogP contribution >= 0.6 is 0 Å². The number of nitrogen functional groups attached to an aromatic ring is 1. The number of hydrogen-bond acceptors (Lipinski definition) is 9. The Morgan fingerprint density at radius 2 is 2.05 bits per heavy atom. The molecule has 12 heteroatoms. The Labute approximate surface area is 211 Å². The van der Waals surface area contributed by atoms with E-state index < -0.39 is 0 Å². The molecule has 4 aromatic heterocycles. The van der Waals surface area contributed by atoms with Crippen LogP contribution in [0, 0.1) is 13.8 Å². The first kappa shape index (κ1) is 22.9. The topological polar surface area (TPSA) is 150 Å². The number of nitrogens with zero attached hydrogens (tertiary/aromatic N) is 7. The number of ether oxygens (including phenoxy) is 1. The Bertz CT molecular complexity index is 1630. The van der Waals surface area contributed by atoms with E-state index in [2.05, 4.69) is 35.8 Å². The largest absolute Gasteiger partial charge is 0.457 e. The van der Waals surface area contributed by atoms with Crippen LogP contribution in [0.2, 0.25) is 0 Å². The van der Waals surface area contributed by atoms with Gasteiger partial charge in [-0.25, -0.2) is 24.1 Å². The van der Waals surface area contributed by atoms with Gasteiger partial charge in [0.2, 0.25) is 0 Å². The van der Waals surface area contributed by atoms with Crippen molar-refractivity contribution in [1.29, 1.82) is 0 Å². The molecule has 1 aromatic carbocycles. The smallest absolute Gasteiger partial charge is 0.277 e. The van der Waals surface area contributed by atoms with E-state index in [9.17, 15) is 4.79 Å². The molecule has 4 N–H and O–H groups in total. The summed E-state index contributed by atoms with van der Waals surface area (Å²) in [5.41, 5.74) is 10.1. The number of nitrogens with one attached hydrogen (secondary N) is 2. The Hall–Kier alpha value is -4.58. The second-order valence-electron chi connectivity index (χ2n) is 9.09. The number of aromatic nitrogens is 7. The van der Waals surface area contributed by atoms with Gasteiger partial charge in [0.15, 0.2) is 17.0 Å². The minimum absolute atomic E-state index is 0.0875. The maximum absolute atomic E-state index is 13.5. The molecule has 0 saturated carbocycles. The monoisotopic (exact) mass is 498 g/mol. The number of amides is 1. The lowest BCUT2D eigenvalue weighted by molar-refractivity contribution is 0.102. The Morgan fingerprint density at radius 1 is 1.16 bits per heavy atom. The van der Waals surface area contributed by atoms with E-state index in [4.69, 9.17) is 10.5 Å². The van der Waals surface area contributed by atoms with Gasteiger partial charge in [0, 0.05) is 24.5 Å². The van der Waals surface area contributed by atoms with Gasteiger partial charge in [0.05, 0.1) is 11.4 Å². The molecule has 6 rings (SSSR count). The van der Waals surface area contributed by atoms with Crippen molar-refractivity contribution in [2.45, 2.75) is 32.7 Å². The predicted octanol–water partition coefficient (Wildman–Crippen LogP) is 3.04. The van der Waals surface area contributed by atoms with Crippen LogP contribution in [0.1, 0.15) is 40.5 Å². The molecule has 1 fully saturated rings. The molecule has 1 amide bonds. The van der Waals surface area contributed by atoms with Crippen LogP contribution in [0.5, 0.6) is 11.5 Å². The lowest BCUT2D eigenvalue weighted by Gasteiger charge is -2.23. The number of fused-ring (bicyclic) bond motifs is 2. The second kappa shape index (κ2) is 9.13. The molecule has 37 heavy (non-hydrogen) atoms. The van der Waals surface area contributed by atoms with Crippen molar-refractivity contribution in [3.63, 3.8) is 0 Å². The molecule has 5 heterocycles. The van der Waals surface area contributed by atoms with Crippen molar-refractivity contribution in [1.82, 2.24) is 39.7 Å². The van der Waals surface area contributed by atoms with Crippen LogP contribution in [0.3, 0.4) is 0 Å². The SMILES string of the molecule is Cc1c(NC(=O)c2nn(C3CCCNC3)c3ncnc(N)c23)ccc(Oc2ccn3ncnc3c2)c1C. The third-order valence-electron chi connectivity index (χ3n) is 6.82. The van der Waals surface area contributed by atoms with Gasteiger partial charge in [-0.3, -0.25) is 4.79 Å². The molecule has 5 aromatic rings. The summed E-state index contributed by atoms with van der Waals surface area (Å²) in [6.45, 7) is 5.60. The molecule has 1 aliphatic rings. The highest BCUT2D eigenvalue weighted by Gasteiger charge is 2.26. The third-order valence-corrected chi connectivity index (χ3v) is 6.82. The Morgan fingerprint density at radius 3 is 2.89 bits per heavy atom. The summed E-state index contributed by atoms with van der Waals surface area (Å²) in [6.07, 6.45) is 6.65. The number of carbonyl (C=O) groups excluding carboxylic acids is 1. The van der Waals surface area contributed by atoms with E-state index in [1.165, 1.54) is 12.7 Å². The molecular formula is C25H26N10O2. The van der Waals surface area contributed by atoms with Gasteiger partial charge < -0.3 is 21.1 Å². The quantitative estimate of drug-likeness (QED) is 0.332. The number of piperidine rings is 1. The molecule has 1 aliphatic heterocycles. The number of benzene rings is 1. The zero-order valence-electron chi connectivity index (χ0n) is 20.5. The van der Waals surface area contributed by atoms with Crippen LogP contribution in [-0.4, -0.2) is 53.3 Å². The van der Waals surface area contributed by atoms with E-state index >= 15 is 0 Å². The first-order valence-corrected chi connectivity index (χ1v) is 12.1. The predicted molar refractivity (Wildman–Crippen MR) is 138 cm³/mol. The summed E-state index contributed by atoms with van der Waals surface area (Å²) in [5.74, 6) is 1.18. The highest BCUT2D eigenvalue weighted by atomic mass is 16.5. The second-order valence-corrected chi connectivity index (χ2v) is 9.09. The fraction of sp³-hybridized carbons (Fsp3) is 0.280. The van der Waals surface area contributed by atoms with Crippen molar-refractivity contribution in [2.75, 3.05) is 24.1 Å². The number of carbonyl (C=O) groups is 1. The third kappa shape index (κ3) is 4.10. The van der Waals surface area contributed by atoms with Gasteiger partial charge in [-0.15, -0.1) is 0 Å². The molecule has 0 spiro atoms. The maximum atomic E-state index is 13.5. The van der Waals surface area contributed by atoms with Gasteiger partial charge >= 0.3 is 0 Å². The summed E-state index contributed by atoms with van der Waals surface area (Å²) < 4.78 is 9.57. The maximum Gasteiger partial charge on any atom is 0.277 e. The van der Waals surface area contributed by atoms with E-state index in [1.807, 2.05) is 38.1 Å². The van der Waals surface area contributed by atoms with Crippen molar-refractivity contribution >= 4 is 34.1 Å². The Balaban J connectivity index is 1.29. The van der Waals surface area contributed by atoms with E-state index in [-0.39, 0.29) is 23.5 Å². The summed E-state index contributed by atoms with van der Waals surface area (Å²) in [4.78, 5) is 26.2. The zero-order valence-corrected chi connectivity index (χ0v) is 20.5. The number of nitrogens with two attached hydrogens (primary N) is 1. The first-order chi connectivity index (χ1) is 18.0. The van der Waals surface area contributed by atoms with Crippen LogP contribution < -0.4 is 21.1 Å². The van der Waals surface area contributed by atoms with Crippen LogP contribution in [-0.2, 0) is 0 Å². The zero-order chi connectivity index (χ0) is 25.5. The average Bonchev–Trinajstić information content (AvgIpc) is 3.54. The minimum Gasteiger partial charge on any atom is -0.457 e. The number of hydrogen-bond donors (Lipinski definition) is 3. The molecular weight excluding hydrogens is 472 g/mol. The van der Waals surface area contributed by atoms with E-state index in [0.29, 0.717) is 33.9 Å². The Kier molecular flexibility index (Phi) is 5.64. The minimum atomic E-state index is -0.373. The summed E-state index contributed by atoms with van der Waals surface area (Å²) >= 11 is 0. The fourth-order valence-electron chi connectivity index (χ4n) is 4.66. The molecule has 1 atom stereocenters. The summed E-state index contributed by atoms with van der Waals surface area (Å²) in [7, 11) is 0. The summed E-state index contributed by atoms with van der Waals surface area (Å²) in [6, 6.07) is 7.36. The van der Waals surface area contributed by atoms with Gasteiger partial charge in [-0.05, 0) is 62.6 Å². The van der Waals surface area contributed by atoms with Crippen molar-refractivity contribution in [3.05, 3.63) is 59.9 Å². The first-order valence-electron chi connectivity index (χ1n) is 12.1. The summed E-state index contributed by atoms with van der Waals surface area (Å²) in [5, 5.41) is 15.6. The molecule has 0 bridgehead atoms. The van der Waals surface area contributed by atoms with E-state index in [1.54, 1.807) is 15.4 Å². The molecule has 188 valence electrons. The molecule has 0 aliphatic carbocycles. The molecule has 1 unspecified atom stereocenters. The highest BCUT2D eigenvalue weighted by molar-refractivity contribution is 6.13. The van der Waals surface area contributed by atoms with Crippen LogP contribution in [0.25, 0.3) is 16.7 Å². The number of pyridine rings is 1. The standard InChI is InChI=1S/C25H26N10O2/c1-14-15(2)19(37-17-7-9-34-20(10-17)28-13-31-34)6-5-18(14)32-25(36)22-21-23(26)29-12-30-24(21)35(33-22)16-4-3-8-27-11-16/h5-7,9-10,12-13,16,27H,3-4,8,11H2,1-2H3,(H,32,36)(H2,26,29,30). The highest BCUT2D eigenvalue weighted by Crippen LogP contribution is 2.32. The van der Waals surface area contributed by atoms with Crippen LogP contribution in [0.4, 0.5) is 11.5 Å². The van der Waals surface area contributed by atoms with Gasteiger partial charge in [0.25, 0.3) is 5.91 Å². The molecule has 0 radical (unpaired) electrons. The van der Waals surface area contributed by atoms with Crippen LogP contribution in [0.15, 0.2) is 43.1 Å². The van der Waals surface area contributed by atoms with E-state index in [0.717, 1.165) is 37.1 Å². The lowest BCUT2D eigenvalue weighted by Crippen LogP contribution is -2.32. The molecule has 12 nitrogen and oxygen atoms in total. The van der Waals surface area contributed by atoms with Gasteiger partial charge in [-0.2, -0.15) is 10.2 Å². The van der Waals surface area contributed by atoms with Gasteiger partial charge in [0.1, 0.15) is 30.0 Å². The molecule has 1 saturated heterocycles. The number of anilines is 2.